The van der Waals surface area contributed by atoms with E-state index in [1.165, 1.54) is 0 Å². The molecule has 22 heavy (non-hydrogen) atoms. The fraction of sp³-hybridized carbons (Fsp3) is 0.733. The summed E-state index contributed by atoms with van der Waals surface area (Å²) in [6.07, 6.45) is 4.08. The number of methoxy groups -OCH3 is 1. The Hall–Kier alpha value is -1.05. The van der Waals surface area contributed by atoms with Gasteiger partial charge in [0.2, 0.25) is 10.0 Å². The van der Waals surface area contributed by atoms with Gasteiger partial charge in [0.1, 0.15) is 5.82 Å². The predicted molar refractivity (Wildman–Crippen MR) is 85.1 cm³/mol. The van der Waals surface area contributed by atoms with Gasteiger partial charge in [0.25, 0.3) is 0 Å². The van der Waals surface area contributed by atoms with Crippen molar-refractivity contribution in [2.75, 3.05) is 26.0 Å². The number of aromatic nitrogens is 2. The smallest absolute Gasteiger partial charge is 0.214 e. The van der Waals surface area contributed by atoms with Gasteiger partial charge >= 0.3 is 0 Å². The Morgan fingerprint density at radius 3 is 2.64 bits per heavy atom. The summed E-state index contributed by atoms with van der Waals surface area (Å²) in [6, 6.07) is 0. The first-order chi connectivity index (χ1) is 10.5. The van der Waals surface area contributed by atoms with Crippen LogP contribution in [0.2, 0.25) is 0 Å². The second-order valence-corrected chi connectivity index (χ2v) is 7.84. The zero-order valence-electron chi connectivity index (χ0n) is 13.6. The minimum absolute atomic E-state index is 0.235. The fourth-order valence-electron chi connectivity index (χ4n) is 2.93. The van der Waals surface area contributed by atoms with Crippen LogP contribution in [0.3, 0.4) is 0 Å². The molecule has 1 aromatic rings. The highest BCUT2D eigenvalue weighted by Crippen LogP contribution is 2.30. The van der Waals surface area contributed by atoms with Gasteiger partial charge in [-0.1, -0.05) is 6.92 Å². The molecule has 0 aliphatic carbocycles. The Morgan fingerprint density at radius 2 is 2.05 bits per heavy atom. The van der Waals surface area contributed by atoms with Crippen molar-refractivity contribution in [1.29, 1.82) is 0 Å². The first kappa shape index (κ1) is 17.3. The van der Waals surface area contributed by atoms with E-state index in [0.29, 0.717) is 26.1 Å². The second kappa shape index (κ2) is 7.48. The molecule has 0 radical (unpaired) electrons. The van der Waals surface area contributed by atoms with Crippen LogP contribution in [-0.2, 0) is 21.4 Å². The average molecular weight is 327 g/mol. The molecule has 0 aromatic carbocycles. The number of rotatable bonds is 6. The van der Waals surface area contributed by atoms with E-state index in [0.717, 1.165) is 29.9 Å². The SMILES string of the molecule is CCCS(=O)(=O)N1CCC(c2nc(C)ncc2COC)CC1. The second-order valence-electron chi connectivity index (χ2n) is 5.75. The summed E-state index contributed by atoms with van der Waals surface area (Å²) >= 11 is 0. The number of hydrogen-bond acceptors (Lipinski definition) is 5. The molecule has 0 amide bonds. The van der Waals surface area contributed by atoms with E-state index < -0.39 is 10.0 Å². The molecule has 1 aromatic heterocycles. The maximum absolute atomic E-state index is 12.1. The Labute approximate surface area is 133 Å². The molecular formula is C15H25N3O3S. The largest absolute Gasteiger partial charge is 0.380 e. The Bertz CT molecular complexity index is 596. The molecule has 0 bridgehead atoms. The van der Waals surface area contributed by atoms with Crippen molar-refractivity contribution in [1.82, 2.24) is 14.3 Å². The van der Waals surface area contributed by atoms with Crippen LogP contribution in [0, 0.1) is 6.92 Å². The van der Waals surface area contributed by atoms with Gasteiger partial charge in [-0.05, 0) is 26.2 Å². The molecular weight excluding hydrogens is 302 g/mol. The highest BCUT2D eigenvalue weighted by molar-refractivity contribution is 7.89. The van der Waals surface area contributed by atoms with Gasteiger partial charge in [-0.15, -0.1) is 0 Å². The average Bonchev–Trinajstić information content (AvgIpc) is 2.49. The van der Waals surface area contributed by atoms with E-state index in [1.54, 1.807) is 11.4 Å². The summed E-state index contributed by atoms with van der Waals surface area (Å²) in [5, 5.41) is 0. The van der Waals surface area contributed by atoms with Gasteiger partial charge in [-0.25, -0.2) is 22.7 Å². The van der Waals surface area contributed by atoms with E-state index in [4.69, 9.17) is 4.74 Å². The van der Waals surface area contributed by atoms with E-state index in [9.17, 15) is 8.42 Å². The van der Waals surface area contributed by atoms with Gasteiger partial charge in [0, 0.05) is 37.9 Å². The molecule has 124 valence electrons. The predicted octanol–water partition coefficient (Wildman–Crippen LogP) is 1.85. The van der Waals surface area contributed by atoms with Gasteiger partial charge < -0.3 is 4.74 Å². The van der Waals surface area contributed by atoms with E-state index in [2.05, 4.69) is 9.97 Å². The van der Waals surface area contributed by atoms with Crippen LogP contribution >= 0.6 is 0 Å². The highest BCUT2D eigenvalue weighted by atomic mass is 32.2. The topological polar surface area (TPSA) is 72.4 Å². The lowest BCUT2D eigenvalue weighted by Crippen LogP contribution is -2.39. The zero-order valence-corrected chi connectivity index (χ0v) is 14.4. The third kappa shape index (κ3) is 4.02. The van der Waals surface area contributed by atoms with Crippen LogP contribution in [0.25, 0.3) is 0 Å². The lowest BCUT2D eigenvalue weighted by Gasteiger charge is -2.31. The molecule has 2 heterocycles. The standard InChI is InChI=1S/C15H25N3O3S/c1-4-9-22(19,20)18-7-5-13(6-8-18)15-14(11-21-3)10-16-12(2)17-15/h10,13H,4-9,11H2,1-3H3. The minimum atomic E-state index is -3.09. The number of piperidine rings is 1. The molecule has 6 nitrogen and oxygen atoms in total. The highest BCUT2D eigenvalue weighted by Gasteiger charge is 2.29. The Balaban J connectivity index is 2.10. The monoisotopic (exact) mass is 327 g/mol. The first-order valence-corrected chi connectivity index (χ1v) is 9.38. The molecule has 1 aliphatic rings. The quantitative estimate of drug-likeness (QED) is 0.797. The molecule has 1 fully saturated rings. The van der Waals surface area contributed by atoms with E-state index in [-0.39, 0.29) is 11.7 Å². The normalized spacial score (nSPS) is 17.8. The summed E-state index contributed by atoms with van der Waals surface area (Å²) in [5.41, 5.74) is 2.02. The number of ether oxygens (including phenoxy) is 1. The van der Waals surface area contributed by atoms with Crippen molar-refractivity contribution in [2.45, 2.75) is 45.6 Å². The van der Waals surface area contributed by atoms with Gasteiger partial charge in [0.15, 0.2) is 0 Å². The van der Waals surface area contributed by atoms with Crippen LogP contribution in [-0.4, -0.2) is 48.6 Å². The maximum atomic E-state index is 12.1. The molecule has 1 saturated heterocycles. The molecule has 2 rings (SSSR count). The molecule has 7 heteroatoms. The number of hydrogen-bond donors (Lipinski definition) is 0. The number of nitrogens with zero attached hydrogens (tertiary/aromatic N) is 3. The zero-order chi connectivity index (χ0) is 16.2. The summed E-state index contributed by atoms with van der Waals surface area (Å²) in [4.78, 5) is 8.81. The van der Waals surface area contributed by atoms with Crippen molar-refractivity contribution in [2.24, 2.45) is 0 Å². The molecule has 0 saturated carbocycles. The van der Waals surface area contributed by atoms with E-state index in [1.807, 2.05) is 20.0 Å². The van der Waals surface area contributed by atoms with Gasteiger partial charge in [0.05, 0.1) is 18.1 Å². The summed E-state index contributed by atoms with van der Waals surface area (Å²) in [7, 11) is -1.44. The van der Waals surface area contributed by atoms with Crippen molar-refractivity contribution < 1.29 is 13.2 Å². The molecule has 1 aliphatic heterocycles. The number of sulfonamides is 1. The first-order valence-electron chi connectivity index (χ1n) is 7.77. The van der Waals surface area contributed by atoms with Crippen molar-refractivity contribution in [3.8, 4) is 0 Å². The lowest BCUT2D eigenvalue weighted by atomic mass is 9.92. The summed E-state index contributed by atoms with van der Waals surface area (Å²) in [6.45, 7) is 5.40. The fourth-order valence-corrected chi connectivity index (χ4v) is 4.47. The van der Waals surface area contributed by atoms with Gasteiger partial charge in [-0.2, -0.15) is 0 Å². The van der Waals surface area contributed by atoms with Crippen LogP contribution in [0.15, 0.2) is 6.20 Å². The van der Waals surface area contributed by atoms with Crippen molar-refractivity contribution in [3.63, 3.8) is 0 Å². The van der Waals surface area contributed by atoms with Gasteiger partial charge in [-0.3, -0.25) is 0 Å². The summed E-state index contributed by atoms with van der Waals surface area (Å²) in [5.74, 6) is 1.26. The molecule has 0 atom stereocenters. The van der Waals surface area contributed by atoms with Crippen LogP contribution in [0.1, 0.15) is 49.2 Å². The molecule has 0 spiro atoms. The van der Waals surface area contributed by atoms with Crippen molar-refractivity contribution >= 4 is 10.0 Å². The maximum Gasteiger partial charge on any atom is 0.214 e. The van der Waals surface area contributed by atoms with Crippen LogP contribution < -0.4 is 0 Å². The minimum Gasteiger partial charge on any atom is -0.380 e. The number of aryl methyl sites for hydroxylation is 1. The Kier molecular flexibility index (Phi) is 5.88. The van der Waals surface area contributed by atoms with Crippen molar-refractivity contribution in [3.05, 3.63) is 23.3 Å². The third-order valence-corrected chi connectivity index (χ3v) is 6.09. The van der Waals surface area contributed by atoms with Crippen LogP contribution in [0.5, 0.6) is 0 Å². The molecule has 0 unspecified atom stereocenters. The Morgan fingerprint density at radius 1 is 1.36 bits per heavy atom. The summed E-state index contributed by atoms with van der Waals surface area (Å²) < 4.78 is 31.1. The lowest BCUT2D eigenvalue weighted by molar-refractivity contribution is 0.182. The molecule has 0 N–H and O–H groups in total. The third-order valence-electron chi connectivity index (χ3n) is 4.01. The van der Waals surface area contributed by atoms with E-state index >= 15 is 0 Å². The van der Waals surface area contributed by atoms with Crippen LogP contribution in [0.4, 0.5) is 0 Å².